The monoisotopic (exact) mass is 241 g/mol. The van der Waals surface area contributed by atoms with Crippen LogP contribution in [-0.4, -0.2) is 4.92 Å². The third-order valence-electron chi connectivity index (χ3n) is 1.78. The summed E-state index contributed by atoms with van der Waals surface area (Å²) in [6.07, 6.45) is -8.00. The second kappa shape index (κ2) is 4.03. The molecule has 0 fully saturated rings. The Morgan fingerprint density at radius 1 is 1.25 bits per heavy atom. The smallest absolute Gasteiger partial charge is 0.258 e. The molecule has 88 valence electrons. The summed E-state index contributed by atoms with van der Waals surface area (Å²) in [5.74, 6) is 0. The Bertz CT molecular complexity index is 415. The highest BCUT2D eigenvalue weighted by molar-refractivity contribution is 5.45. The standard InChI is InChI=1S/C8H4F5NO2/c9-7(10)4-1-2-5(8(11,12)13)6(3-4)14(15)16/h1-3,7H. The van der Waals surface area contributed by atoms with Crippen LogP contribution in [0.5, 0.6) is 0 Å². The van der Waals surface area contributed by atoms with E-state index < -0.39 is 34.3 Å². The minimum absolute atomic E-state index is 0.230. The van der Waals surface area contributed by atoms with E-state index in [1.807, 2.05) is 0 Å². The molecule has 0 aromatic heterocycles. The first-order valence-electron chi connectivity index (χ1n) is 3.87. The van der Waals surface area contributed by atoms with Crippen LogP contribution in [-0.2, 0) is 6.18 Å². The highest BCUT2D eigenvalue weighted by Crippen LogP contribution is 2.37. The van der Waals surface area contributed by atoms with Crippen molar-refractivity contribution in [3.8, 4) is 0 Å². The molecule has 0 aliphatic rings. The van der Waals surface area contributed by atoms with E-state index in [9.17, 15) is 32.1 Å². The third kappa shape index (κ3) is 2.44. The van der Waals surface area contributed by atoms with Crippen molar-refractivity contribution in [2.75, 3.05) is 0 Å². The first-order valence-corrected chi connectivity index (χ1v) is 3.87. The summed E-state index contributed by atoms with van der Waals surface area (Å²) in [6, 6.07) is 1.02. The summed E-state index contributed by atoms with van der Waals surface area (Å²) in [5.41, 5.74) is -3.73. The van der Waals surface area contributed by atoms with Crippen molar-refractivity contribution < 1.29 is 26.9 Å². The van der Waals surface area contributed by atoms with Crippen molar-refractivity contribution >= 4 is 5.69 Å². The average molecular weight is 241 g/mol. The number of hydrogen-bond donors (Lipinski definition) is 0. The first kappa shape index (κ1) is 12.3. The molecule has 0 amide bonds. The predicted molar refractivity (Wildman–Crippen MR) is 43.1 cm³/mol. The average Bonchev–Trinajstić information content (AvgIpc) is 2.15. The van der Waals surface area contributed by atoms with Crippen LogP contribution >= 0.6 is 0 Å². The normalized spacial score (nSPS) is 11.9. The molecule has 0 spiro atoms. The predicted octanol–water partition coefficient (Wildman–Crippen LogP) is 3.55. The van der Waals surface area contributed by atoms with E-state index >= 15 is 0 Å². The highest BCUT2D eigenvalue weighted by Gasteiger charge is 2.38. The number of rotatable bonds is 2. The topological polar surface area (TPSA) is 43.1 Å². The summed E-state index contributed by atoms with van der Waals surface area (Å²) >= 11 is 0. The Labute approximate surface area is 85.6 Å². The summed E-state index contributed by atoms with van der Waals surface area (Å²) in [5, 5.41) is 10.3. The second-order valence-corrected chi connectivity index (χ2v) is 2.83. The van der Waals surface area contributed by atoms with Gasteiger partial charge in [0.25, 0.3) is 12.1 Å². The van der Waals surface area contributed by atoms with Gasteiger partial charge in [-0.15, -0.1) is 0 Å². The van der Waals surface area contributed by atoms with Gasteiger partial charge in [-0.25, -0.2) is 8.78 Å². The Kier molecular flexibility index (Phi) is 3.11. The Balaban J connectivity index is 3.37. The SMILES string of the molecule is O=[N+]([O-])c1cc(C(F)F)ccc1C(F)(F)F. The number of nitrogens with zero attached hydrogens (tertiary/aromatic N) is 1. The number of benzene rings is 1. The van der Waals surface area contributed by atoms with Gasteiger partial charge in [0.2, 0.25) is 0 Å². The maximum Gasteiger partial charge on any atom is 0.422 e. The Morgan fingerprint density at radius 2 is 1.81 bits per heavy atom. The minimum Gasteiger partial charge on any atom is -0.258 e. The summed E-state index contributed by atoms with van der Waals surface area (Å²) in [6.45, 7) is 0. The van der Waals surface area contributed by atoms with E-state index in [1.54, 1.807) is 0 Å². The maximum absolute atomic E-state index is 12.2. The molecule has 0 aliphatic carbocycles. The molecule has 0 saturated carbocycles. The number of nitro groups is 1. The molecule has 8 heteroatoms. The lowest BCUT2D eigenvalue weighted by molar-refractivity contribution is -0.388. The fourth-order valence-corrected chi connectivity index (χ4v) is 1.08. The minimum atomic E-state index is -4.94. The Hall–Kier alpha value is -1.73. The number of halogens is 5. The molecule has 0 N–H and O–H groups in total. The van der Waals surface area contributed by atoms with Gasteiger partial charge in [-0.2, -0.15) is 13.2 Å². The lowest BCUT2D eigenvalue weighted by atomic mass is 10.1. The third-order valence-corrected chi connectivity index (χ3v) is 1.78. The summed E-state index contributed by atoms with van der Waals surface area (Å²) in [4.78, 5) is 8.97. The molecule has 0 radical (unpaired) electrons. The van der Waals surface area contributed by atoms with E-state index in [0.29, 0.717) is 6.07 Å². The quantitative estimate of drug-likeness (QED) is 0.451. The van der Waals surface area contributed by atoms with Crippen LogP contribution < -0.4 is 0 Å². The molecule has 1 aromatic rings. The van der Waals surface area contributed by atoms with Crippen molar-refractivity contribution in [1.82, 2.24) is 0 Å². The van der Waals surface area contributed by atoms with Gasteiger partial charge in [-0.1, -0.05) is 6.07 Å². The van der Waals surface area contributed by atoms with Crippen molar-refractivity contribution in [1.29, 1.82) is 0 Å². The largest absolute Gasteiger partial charge is 0.422 e. The zero-order valence-electron chi connectivity index (χ0n) is 7.46. The zero-order chi connectivity index (χ0) is 12.5. The molecule has 1 rings (SSSR count). The molecule has 0 saturated heterocycles. The maximum atomic E-state index is 12.2. The van der Waals surface area contributed by atoms with Gasteiger partial charge in [0.1, 0.15) is 5.56 Å². The van der Waals surface area contributed by atoms with Crippen molar-refractivity contribution in [2.45, 2.75) is 12.6 Å². The van der Waals surface area contributed by atoms with Crippen molar-refractivity contribution in [3.05, 3.63) is 39.4 Å². The molecule has 0 heterocycles. The number of hydrogen-bond acceptors (Lipinski definition) is 2. The van der Waals surface area contributed by atoms with E-state index in [4.69, 9.17) is 0 Å². The van der Waals surface area contributed by atoms with E-state index in [2.05, 4.69) is 0 Å². The van der Waals surface area contributed by atoms with E-state index in [1.165, 1.54) is 0 Å². The number of nitro benzene ring substituents is 1. The molecule has 16 heavy (non-hydrogen) atoms. The van der Waals surface area contributed by atoms with Crippen LogP contribution in [0, 0.1) is 10.1 Å². The summed E-state index contributed by atoms with van der Waals surface area (Å²) in [7, 11) is 0. The van der Waals surface area contributed by atoms with Crippen LogP contribution in [0.3, 0.4) is 0 Å². The van der Waals surface area contributed by atoms with Gasteiger partial charge >= 0.3 is 6.18 Å². The van der Waals surface area contributed by atoms with Crippen LogP contribution in [0.2, 0.25) is 0 Å². The lowest BCUT2D eigenvalue weighted by Gasteiger charge is -2.08. The van der Waals surface area contributed by atoms with Crippen LogP contribution in [0.1, 0.15) is 17.6 Å². The second-order valence-electron chi connectivity index (χ2n) is 2.83. The van der Waals surface area contributed by atoms with Crippen LogP contribution in [0.15, 0.2) is 18.2 Å². The molecule has 3 nitrogen and oxygen atoms in total. The zero-order valence-corrected chi connectivity index (χ0v) is 7.46. The first-order chi connectivity index (χ1) is 7.23. The molecule has 0 unspecified atom stereocenters. The molecular formula is C8H4F5NO2. The highest BCUT2D eigenvalue weighted by atomic mass is 19.4. The fourth-order valence-electron chi connectivity index (χ4n) is 1.08. The van der Waals surface area contributed by atoms with Gasteiger partial charge in [0, 0.05) is 11.6 Å². The van der Waals surface area contributed by atoms with E-state index in [0.717, 1.165) is 0 Å². The summed E-state index contributed by atoms with van der Waals surface area (Å²) < 4.78 is 61.0. The number of alkyl halides is 5. The molecule has 1 aromatic carbocycles. The van der Waals surface area contributed by atoms with Gasteiger partial charge in [0.15, 0.2) is 0 Å². The van der Waals surface area contributed by atoms with Gasteiger partial charge in [-0.05, 0) is 6.07 Å². The molecule has 0 aliphatic heterocycles. The van der Waals surface area contributed by atoms with Gasteiger partial charge in [0.05, 0.1) is 4.92 Å². The van der Waals surface area contributed by atoms with Crippen molar-refractivity contribution in [3.63, 3.8) is 0 Å². The van der Waals surface area contributed by atoms with Gasteiger partial charge in [-0.3, -0.25) is 10.1 Å². The van der Waals surface area contributed by atoms with Crippen LogP contribution in [0.25, 0.3) is 0 Å². The van der Waals surface area contributed by atoms with Gasteiger partial charge < -0.3 is 0 Å². The van der Waals surface area contributed by atoms with Crippen LogP contribution in [0.4, 0.5) is 27.6 Å². The molecule has 0 atom stereocenters. The van der Waals surface area contributed by atoms with Crippen molar-refractivity contribution in [2.24, 2.45) is 0 Å². The lowest BCUT2D eigenvalue weighted by Crippen LogP contribution is -2.09. The Morgan fingerprint density at radius 3 is 2.19 bits per heavy atom. The fraction of sp³-hybridized carbons (Fsp3) is 0.250. The molecule has 0 bridgehead atoms. The molecular weight excluding hydrogens is 237 g/mol. The van der Waals surface area contributed by atoms with E-state index in [-0.39, 0.29) is 12.1 Å².